The predicted molar refractivity (Wildman–Crippen MR) is 63.8 cm³/mol. The van der Waals surface area contributed by atoms with E-state index in [-0.39, 0.29) is 0 Å². The van der Waals surface area contributed by atoms with E-state index in [1.807, 2.05) is 25.4 Å². The zero-order chi connectivity index (χ0) is 10.4. The quantitative estimate of drug-likeness (QED) is 0.817. The molecule has 0 aliphatic heterocycles. The molecule has 0 radical (unpaired) electrons. The molecule has 0 aliphatic rings. The number of halogens is 1. The Labute approximate surface area is 93.7 Å². The van der Waals surface area contributed by atoms with Crippen LogP contribution in [0, 0.1) is 0 Å². The molecule has 0 atom stereocenters. The summed E-state index contributed by atoms with van der Waals surface area (Å²) in [7, 11) is 2.05. The first kappa shape index (κ1) is 11.5. The summed E-state index contributed by atoms with van der Waals surface area (Å²) >= 11 is 3.48. The largest absolute Gasteiger partial charge is 0.357 e. The van der Waals surface area contributed by atoms with Gasteiger partial charge in [-0.1, -0.05) is 6.92 Å². The standard InChI is InChI=1S/C10H16BrN3/c1-3-12-7-8-14(2)10-9(11)5-4-6-13-10/h4-6,12H,3,7-8H2,1-2H3. The Morgan fingerprint density at radius 2 is 2.36 bits per heavy atom. The highest BCUT2D eigenvalue weighted by atomic mass is 79.9. The van der Waals surface area contributed by atoms with Crippen molar-refractivity contribution in [3.05, 3.63) is 22.8 Å². The molecule has 0 aliphatic carbocycles. The monoisotopic (exact) mass is 257 g/mol. The van der Waals surface area contributed by atoms with Gasteiger partial charge < -0.3 is 10.2 Å². The van der Waals surface area contributed by atoms with Gasteiger partial charge >= 0.3 is 0 Å². The van der Waals surface area contributed by atoms with Crippen molar-refractivity contribution in [1.29, 1.82) is 0 Å². The van der Waals surface area contributed by atoms with E-state index in [1.54, 1.807) is 0 Å². The van der Waals surface area contributed by atoms with Crippen LogP contribution in [0.4, 0.5) is 5.82 Å². The Morgan fingerprint density at radius 3 is 3.00 bits per heavy atom. The summed E-state index contributed by atoms with van der Waals surface area (Å²) in [6, 6.07) is 3.93. The topological polar surface area (TPSA) is 28.2 Å². The summed E-state index contributed by atoms with van der Waals surface area (Å²) in [6.45, 7) is 5.06. The molecule has 1 heterocycles. The summed E-state index contributed by atoms with van der Waals surface area (Å²) in [5, 5.41) is 3.28. The van der Waals surface area contributed by atoms with E-state index in [1.165, 1.54) is 0 Å². The lowest BCUT2D eigenvalue weighted by atomic mass is 10.4. The number of hydrogen-bond donors (Lipinski definition) is 1. The maximum atomic E-state index is 4.31. The number of hydrogen-bond acceptors (Lipinski definition) is 3. The average Bonchev–Trinajstić information content (AvgIpc) is 2.18. The van der Waals surface area contributed by atoms with Gasteiger partial charge in [0.1, 0.15) is 5.82 Å². The fourth-order valence-electron chi connectivity index (χ4n) is 1.19. The lowest BCUT2D eigenvalue weighted by Crippen LogP contribution is -2.29. The van der Waals surface area contributed by atoms with Gasteiger partial charge in [-0.3, -0.25) is 0 Å². The maximum Gasteiger partial charge on any atom is 0.142 e. The average molecular weight is 258 g/mol. The van der Waals surface area contributed by atoms with Crippen LogP contribution in [0.25, 0.3) is 0 Å². The van der Waals surface area contributed by atoms with Crippen LogP contribution < -0.4 is 10.2 Å². The Morgan fingerprint density at radius 1 is 1.57 bits per heavy atom. The van der Waals surface area contributed by atoms with E-state index in [0.717, 1.165) is 29.9 Å². The van der Waals surface area contributed by atoms with Crippen LogP contribution in [-0.2, 0) is 0 Å². The van der Waals surface area contributed by atoms with Crippen molar-refractivity contribution in [3.63, 3.8) is 0 Å². The van der Waals surface area contributed by atoms with Crippen LogP contribution in [-0.4, -0.2) is 31.7 Å². The van der Waals surface area contributed by atoms with Crippen molar-refractivity contribution in [2.75, 3.05) is 31.6 Å². The van der Waals surface area contributed by atoms with E-state index in [4.69, 9.17) is 0 Å². The minimum absolute atomic E-state index is 0.962. The first-order valence-corrected chi connectivity index (χ1v) is 5.57. The third kappa shape index (κ3) is 3.27. The van der Waals surface area contributed by atoms with Crippen molar-refractivity contribution < 1.29 is 0 Å². The van der Waals surface area contributed by atoms with Gasteiger partial charge in [0.15, 0.2) is 0 Å². The molecular weight excluding hydrogens is 242 g/mol. The van der Waals surface area contributed by atoms with Crippen LogP contribution in [0.2, 0.25) is 0 Å². The SMILES string of the molecule is CCNCCN(C)c1ncccc1Br. The summed E-state index contributed by atoms with van der Waals surface area (Å²) < 4.78 is 1.04. The molecule has 4 heteroatoms. The van der Waals surface area contributed by atoms with Crippen molar-refractivity contribution in [2.24, 2.45) is 0 Å². The highest BCUT2D eigenvalue weighted by Gasteiger charge is 2.04. The Balaban J connectivity index is 2.51. The van der Waals surface area contributed by atoms with Crippen LogP contribution in [0.15, 0.2) is 22.8 Å². The fourth-order valence-corrected chi connectivity index (χ4v) is 1.75. The molecule has 0 unspecified atom stereocenters. The minimum Gasteiger partial charge on any atom is -0.357 e. The summed E-state index contributed by atoms with van der Waals surface area (Å²) in [5.74, 6) is 0.991. The molecular formula is C10H16BrN3. The number of aromatic nitrogens is 1. The zero-order valence-corrected chi connectivity index (χ0v) is 10.2. The van der Waals surface area contributed by atoms with Crippen molar-refractivity contribution in [1.82, 2.24) is 10.3 Å². The van der Waals surface area contributed by atoms with Gasteiger partial charge in [-0.2, -0.15) is 0 Å². The van der Waals surface area contributed by atoms with E-state index in [2.05, 4.69) is 38.1 Å². The third-order valence-electron chi connectivity index (χ3n) is 1.97. The Hall–Kier alpha value is -0.610. The van der Waals surface area contributed by atoms with Gasteiger partial charge in [0.05, 0.1) is 4.47 Å². The number of rotatable bonds is 5. The van der Waals surface area contributed by atoms with Gasteiger partial charge in [-0.15, -0.1) is 0 Å². The molecule has 1 rings (SSSR count). The molecule has 14 heavy (non-hydrogen) atoms. The molecule has 0 saturated carbocycles. The molecule has 0 aromatic carbocycles. The van der Waals surface area contributed by atoms with Crippen LogP contribution in [0.5, 0.6) is 0 Å². The number of anilines is 1. The number of nitrogens with one attached hydrogen (secondary N) is 1. The predicted octanol–water partition coefficient (Wildman–Crippen LogP) is 1.89. The van der Waals surface area contributed by atoms with Crippen molar-refractivity contribution in [3.8, 4) is 0 Å². The zero-order valence-electron chi connectivity index (χ0n) is 8.63. The molecule has 1 N–H and O–H groups in total. The molecule has 3 nitrogen and oxygen atoms in total. The van der Waals surface area contributed by atoms with Gasteiger partial charge in [0.25, 0.3) is 0 Å². The second-order valence-electron chi connectivity index (χ2n) is 3.08. The first-order chi connectivity index (χ1) is 6.75. The van der Waals surface area contributed by atoms with Gasteiger partial charge in [-0.25, -0.2) is 4.98 Å². The maximum absolute atomic E-state index is 4.31. The third-order valence-corrected chi connectivity index (χ3v) is 2.59. The molecule has 0 spiro atoms. The van der Waals surface area contributed by atoms with Gasteiger partial charge in [-0.05, 0) is 34.6 Å². The molecule has 1 aromatic rings. The lowest BCUT2D eigenvalue weighted by Gasteiger charge is -2.19. The number of nitrogens with zero attached hydrogens (tertiary/aromatic N) is 2. The number of pyridine rings is 1. The van der Waals surface area contributed by atoms with E-state index >= 15 is 0 Å². The molecule has 0 bridgehead atoms. The van der Waals surface area contributed by atoms with E-state index in [0.29, 0.717) is 0 Å². The number of likely N-dealkylation sites (N-methyl/N-ethyl adjacent to an activating group) is 2. The van der Waals surface area contributed by atoms with Crippen molar-refractivity contribution in [2.45, 2.75) is 6.92 Å². The lowest BCUT2D eigenvalue weighted by molar-refractivity contribution is 0.702. The van der Waals surface area contributed by atoms with Crippen LogP contribution >= 0.6 is 15.9 Å². The summed E-state index contributed by atoms with van der Waals surface area (Å²) in [5.41, 5.74) is 0. The summed E-state index contributed by atoms with van der Waals surface area (Å²) in [4.78, 5) is 6.44. The normalized spacial score (nSPS) is 10.2. The second kappa shape index (κ2) is 5.98. The molecule has 0 fully saturated rings. The van der Waals surface area contributed by atoms with Crippen LogP contribution in [0.3, 0.4) is 0 Å². The van der Waals surface area contributed by atoms with Gasteiger partial charge in [0.2, 0.25) is 0 Å². The smallest absolute Gasteiger partial charge is 0.142 e. The molecule has 0 amide bonds. The Kier molecular flexibility index (Phi) is 4.90. The van der Waals surface area contributed by atoms with E-state index in [9.17, 15) is 0 Å². The first-order valence-electron chi connectivity index (χ1n) is 4.78. The highest BCUT2D eigenvalue weighted by Crippen LogP contribution is 2.21. The summed E-state index contributed by atoms with van der Waals surface area (Å²) in [6.07, 6.45) is 1.81. The molecule has 1 aromatic heterocycles. The van der Waals surface area contributed by atoms with Crippen LogP contribution in [0.1, 0.15) is 6.92 Å². The fraction of sp³-hybridized carbons (Fsp3) is 0.500. The van der Waals surface area contributed by atoms with Crippen molar-refractivity contribution >= 4 is 21.7 Å². The highest BCUT2D eigenvalue weighted by molar-refractivity contribution is 9.10. The van der Waals surface area contributed by atoms with E-state index < -0.39 is 0 Å². The second-order valence-corrected chi connectivity index (χ2v) is 3.94. The van der Waals surface area contributed by atoms with Gasteiger partial charge in [0, 0.05) is 26.3 Å². The molecule has 0 saturated heterocycles. The minimum atomic E-state index is 0.962. The Bertz CT molecular complexity index is 278. The molecule has 78 valence electrons.